The van der Waals surface area contributed by atoms with E-state index in [-0.39, 0.29) is 31.4 Å². The van der Waals surface area contributed by atoms with Crippen LogP contribution in [0.4, 0.5) is 15.9 Å². The average Bonchev–Trinajstić information content (AvgIpc) is 3.35. The molecular weight excluding hydrogens is 459 g/mol. The highest BCUT2D eigenvalue weighted by molar-refractivity contribution is 6.06. The lowest BCUT2D eigenvalue weighted by Gasteiger charge is -2.41. The van der Waals surface area contributed by atoms with Gasteiger partial charge in [-0.25, -0.2) is 14.4 Å². The monoisotopic (exact) mass is 490 g/mol. The molecule has 0 saturated carbocycles. The Morgan fingerprint density at radius 3 is 2.44 bits per heavy atom. The molecule has 1 aromatic heterocycles. The molecule has 8 heteroatoms. The molecule has 2 aliphatic heterocycles. The summed E-state index contributed by atoms with van der Waals surface area (Å²) in [5.74, 6) is 0.980. The van der Waals surface area contributed by atoms with Gasteiger partial charge in [-0.1, -0.05) is 31.7 Å². The van der Waals surface area contributed by atoms with E-state index in [0.29, 0.717) is 43.1 Å². The second kappa shape index (κ2) is 10.1. The average molecular weight is 491 g/mol. The van der Waals surface area contributed by atoms with E-state index in [9.17, 15) is 14.0 Å². The third-order valence-electron chi connectivity index (χ3n) is 6.93. The fourth-order valence-electron chi connectivity index (χ4n) is 4.70. The number of ketones is 1. The van der Waals surface area contributed by atoms with Crippen LogP contribution < -0.4 is 10.2 Å². The van der Waals surface area contributed by atoms with Crippen LogP contribution in [0, 0.1) is 12.7 Å². The van der Waals surface area contributed by atoms with Gasteiger partial charge in [0.15, 0.2) is 11.6 Å². The van der Waals surface area contributed by atoms with Crippen LogP contribution >= 0.6 is 0 Å². The van der Waals surface area contributed by atoms with Gasteiger partial charge in [-0.3, -0.25) is 9.59 Å². The molecule has 0 aliphatic carbocycles. The minimum atomic E-state index is -0.716. The number of nitrogens with one attached hydrogen (secondary N) is 1. The molecule has 3 aromatic rings. The predicted octanol–water partition coefficient (Wildman–Crippen LogP) is 4.32. The summed E-state index contributed by atoms with van der Waals surface area (Å²) in [5.41, 5.74) is 3.21. The second-order valence-electron chi connectivity index (χ2n) is 9.19. The highest BCUT2D eigenvalue weighted by Gasteiger charge is 2.50. The number of aromatic nitrogens is 2. The van der Waals surface area contributed by atoms with Crippen LogP contribution in [0.3, 0.4) is 0 Å². The highest BCUT2D eigenvalue weighted by atomic mass is 19.1. The number of fused-ring (bicyclic) bond motifs is 1. The first-order valence-corrected chi connectivity index (χ1v) is 11.7. The van der Waals surface area contributed by atoms with Crippen LogP contribution in [-0.2, 0) is 28.8 Å². The molecule has 36 heavy (non-hydrogen) atoms. The van der Waals surface area contributed by atoms with Crippen molar-refractivity contribution in [1.29, 1.82) is 0 Å². The zero-order valence-corrected chi connectivity index (χ0v) is 19.8. The van der Waals surface area contributed by atoms with Crippen LogP contribution in [0.15, 0.2) is 48.5 Å². The zero-order valence-electron chi connectivity index (χ0n) is 19.8. The van der Waals surface area contributed by atoms with Gasteiger partial charge in [0.2, 0.25) is 0 Å². The Labute approximate surface area is 210 Å². The minimum Gasteiger partial charge on any atom is -0.378 e. The Morgan fingerprint density at radius 1 is 1.08 bits per heavy atom. The van der Waals surface area contributed by atoms with Gasteiger partial charge in [0.25, 0.3) is 5.91 Å². The SMILES string of the molecule is C.Cc1nc(CCc2ccc(CC(=O)c3ccc(F)cc3)cc2)nc2c1NC(=O)[C@@]1(CCOC1)N2C. The van der Waals surface area contributed by atoms with Crippen LogP contribution in [0.25, 0.3) is 0 Å². The van der Waals surface area contributed by atoms with Crippen molar-refractivity contribution < 1.29 is 18.7 Å². The molecule has 0 unspecified atom stereocenters. The molecule has 5 rings (SSSR count). The van der Waals surface area contributed by atoms with E-state index in [1.807, 2.05) is 43.1 Å². The van der Waals surface area contributed by atoms with E-state index >= 15 is 0 Å². The Bertz CT molecular complexity index is 1270. The maximum absolute atomic E-state index is 13.1. The van der Waals surface area contributed by atoms with Gasteiger partial charge in [-0.2, -0.15) is 0 Å². The maximum atomic E-state index is 13.1. The number of benzene rings is 2. The number of carbonyl (C=O) groups excluding carboxylic acids is 2. The van der Waals surface area contributed by atoms with Gasteiger partial charge < -0.3 is 15.0 Å². The molecule has 1 N–H and O–H groups in total. The van der Waals surface area contributed by atoms with E-state index in [4.69, 9.17) is 9.72 Å². The minimum absolute atomic E-state index is 0. The lowest BCUT2D eigenvalue weighted by molar-refractivity contribution is -0.121. The van der Waals surface area contributed by atoms with Crippen molar-refractivity contribution in [3.63, 3.8) is 0 Å². The summed E-state index contributed by atoms with van der Waals surface area (Å²) >= 11 is 0. The molecule has 1 fully saturated rings. The molecule has 7 nitrogen and oxygen atoms in total. The van der Waals surface area contributed by atoms with Crippen molar-refractivity contribution in [2.24, 2.45) is 0 Å². The number of halogens is 1. The standard InChI is InChI=1S/C27H27FN4O3.CH4/c1-17-24-25(32(2)27(26(34)31-24)13-14-35-16-27)30-23(29-17)12-7-18-3-5-19(6-4-18)15-22(33)20-8-10-21(28)11-9-20;/h3-6,8-11H,7,12-16H2,1-2H3,(H,31,34);1H4/t27-;/m0./s1. The lowest BCUT2D eigenvalue weighted by atomic mass is 9.92. The van der Waals surface area contributed by atoms with Crippen LogP contribution in [-0.4, -0.2) is 47.5 Å². The Hall–Kier alpha value is -3.65. The number of hydrogen-bond donors (Lipinski definition) is 1. The number of amides is 1. The number of ether oxygens (including phenoxy) is 1. The van der Waals surface area contributed by atoms with Crippen LogP contribution in [0.2, 0.25) is 0 Å². The summed E-state index contributed by atoms with van der Waals surface area (Å²) in [6.07, 6.45) is 2.29. The normalized spacial score (nSPS) is 18.5. The number of rotatable bonds is 6. The van der Waals surface area contributed by atoms with Crippen molar-refractivity contribution in [2.45, 2.75) is 45.6 Å². The zero-order chi connectivity index (χ0) is 24.6. The molecule has 1 spiro atoms. The summed E-state index contributed by atoms with van der Waals surface area (Å²) in [4.78, 5) is 36.6. The summed E-state index contributed by atoms with van der Waals surface area (Å²) in [5, 5.41) is 3.00. The first kappa shape index (κ1) is 25.4. The summed E-state index contributed by atoms with van der Waals surface area (Å²) in [7, 11) is 1.90. The summed E-state index contributed by atoms with van der Waals surface area (Å²) < 4.78 is 18.6. The number of Topliss-reactive ketones (excluding diaryl/α,β-unsaturated/α-hetero) is 1. The van der Waals surface area contributed by atoms with Gasteiger partial charge in [0, 0.05) is 38.5 Å². The van der Waals surface area contributed by atoms with Crippen molar-refractivity contribution in [3.8, 4) is 0 Å². The Balaban J connectivity index is 0.00000304. The fourth-order valence-corrected chi connectivity index (χ4v) is 4.70. The lowest BCUT2D eigenvalue weighted by Crippen LogP contribution is -2.59. The van der Waals surface area contributed by atoms with Crippen molar-refractivity contribution >= 4 is 23.2 Å². The van der Waals surface area contributed by atoms with Gasteiger partial charge in [0.05, 0.1) is 12.3 Å². The molecule has 1 amide bonds. The number of anilines is 2. The number of aryl methyl sites for hydroxylation is 3. The molecule has 1 saturated heterocycles. The van der Waals surface area contributed by atoms with Crippen molar-refractivity contribution in [2.75, 3.05) is 30.5 Å². The molecule has 1 atom stereocenters. The molecule has 188 valence electrons. The topological polar surface area (TPSA) is 84.4 Å². The summed E-state index contributed by atoms with van der Waals surface area (Å²) in [6, 6.07) is 13.5. The predicted molar refractivity (Wildman–Crippen MR) is 137 cm³/mol. The quantitative estimate of drug-likeness (QED) is 0.518. The third kappa shape index (κ3) is 4.73. The Kier molecular flexibility index (Phi) is 7.17. The van der Waals surface area contributed by atoms with Crippen molar-refractivity contribution in [3.05, 3.63) is 82.6 Å². The van der Waals surface area contributed by atoms with E-state index < -0.39 is 5.54 Å². The van der Waals surface area contributed by atoms with E-state index in [0.717, 1.165) is 29.1 Å². The molecule has 3 heterocycles. The Morgan fingerprint density at radius 2 is 1.78 bits per heavy atom. The number of carbonyl (C=O) groups is 2. The first-order chi connectivity index (χ1) is 16.9. The largest absolute Gasteiger partial charge is 0.378 e. The fraction of sp³-hybridized carbons (Fsp3) is 0.357. The highest BCUT2D eigenvalue weighted by Crippen LogP contribution is 2.39. The number of likely N-dealkylation sites (N-methyl/N-ethyl adjacent to an activating group) is 1. The van der Waals surface area contributed by atoms with Crippen molar-refractivity contribution in [1.82, 2.24) is 9.97 Å². The number of nitrogens with zero attached hydrogens (tertiary/aromatic N) is 3. The molecule has 2 aromatic carbocycles. The first-order valence-electron chi connectivity index (χ1n) is 11.7. The van der Waals surface area contributed by atoms with Crippen LogP contribution in [0.5, 0.6) is 0 Å². The smallest absolute Gasteiger partial charge is 0.252 e. The number of hydrogen-bond acceptors (Lipinski definition) is 6. The van der Waals surface area contributed by atoms with Gasteiger partial charge in [-0.15, -0.1) is 0 Å². The van der Waals surface area contributed by atoms with E-state index in [2.05, 4.69) is 10.3 Å². The van der Waals surface area contributed by atoms with Gasteiger partial charge >= 0.3 is 0 Å². The van der Waals surface area contributed by atoms with Crippen LogP contribution in [0.1, 0.15) is 46.9 Å². The maximum Gasteiger partial charge on any atom is 0.252 e. The van der Waals surface area contributed by atoms with E-state index in [1.54, 1.807) is 0 Å². The molecule has 0 bridgehead atoms. The second-order valence-corrected chi connectivity index (χ2v) is 9.19. The summed E-state index contributed by atoms with van der Waals surface area (Å²) in [6.45, 7) is 2.78. The van der Waals surface area contributed by atoms with E-state index in [1.165, 1.54) is 24.3 Å². The van der Waals surface area contributed by atoms with Gasteiger partial charge in [-0.05, 0) is 48.7 Å². The molecule has 0 radical (unpaired) electrons. The molecular formula is C28H31FN4O3. The van der Waals surface area contributed by atoms with Gasteiger partial charge in [0.1, 0.15) is 22.9 Å². The molecule has 2 aliphatic rings. The third-order valence-corrected chi connectivity index (χ3v) is 6.93.